The van der Waals surface area contributed by atoms with Crippen LogP contribution in [0.1, 0.15) is 36.0 Å². The highest BCUT2D eigenvalue weighted by Gasteiger charge is 2.34. The van der Waals surface area contributed by atoms with Gasteiger partial charge in [-0.15, -0.1) is 0 Å². The molecular weight excluding hydrogens is 294 g/mol. The molecule has 0 atom stereocenters. The van der Waals surface area contributed by atoms with Crippen molar-refractivity contribution in [2.75, 3.05) is 20.4 Å². The predicted molar refractivity (Wildman–Crippen MR) is 78.0 cm³/mol. The van der Waals surface area contributed by atoms with E-state index in [1.54, 1.807) is 24.1 Å². The van der Waals surface area contributed by atoms with Gasteiger partial charge in [0.25, 0.3) is 5.91 Å². The van der Waals surface area contributed by atoms with E-state index in [1.165, 1.54) is 0 Å². The number of hydrogen-bond donors (Lipinski definition) is 1. The van der Waals surface area contributed by atoms with Gasteiger partial charge in [-0.25, -0.2) is 0 Å². The quantitative estimate of drug-likeness (QED) is 0.931. The number of likely N-dealkylation sites (N-methyl/N-ethyl adjacent to an activating group) is 1. The Bertz CT molecular complexity index is 569. The number of fused-ring (bicyclic) bond motifs is 1. The van der Waals surface area contributed by atoms with Crippen molar-refractivity contribution >= 4 is 17.5 Å². The van der Waals surface area contributed by atoms with Crippen LogP contribution in [0.5, 0.6) is 11.5 Å². The maximum atomic E-state index is 12.5. The van der Waals surface area contributed by atoms with Gasteiger partial charge in [0.2, 0.25) is 6.79 Å². The van der Waals surface area contributed by atoms with E-state index in [-0.39, 0.29) is 12.7 Å². The Morgan fingerprint density at radius 3 is 2.81 bits per heavy atom. The second-order valence-electron chi connectivity index (χ2n) is 5.78. The van der Waals surface area contributed by atoms with Crippen molar-refractivity contribution in [2.24, 2.45) is 0 Å². The summed E-state index contributed by atoms with van der Waals surface area (Å²) >= 11 is 6.10. The number of ether oxygens (including phenoxy) is 2. The van der Waals surface area contributed by atoms with Crippen LogP contribution in [0.25, 0.3) is 0 Å². The van der Waals surface area contributed by atoms with Crippen molar-refractivity contribution < 1.29 is 19.4 Å². The number of benzene rings is 1. The first-order chi connectivity index (χ1) is 9.98. The highest BCUT2D eigenvalue weighted by atomic mass is 35.5. The summed E-state index contributed by atoms with van der Waals surface area (Å²) < 4.78 is 10.5. The van der Waals surface area contributed by atoms with Gasteiger partial charge < -0.3 is 19.5 Å². The molecule has 1 aliphatic carbocycles. The number of rotatable bonds is 3. The van der Waals surface area contributed by atoms with Crippen LogP contribution in [-0.4, -0.2) is 41.9 Å². The molecule has 1 amide bonds. The molecule has 1 N–H and O–H groups in total. The fourth-order valence-electron chi connectivity index (χ4n) is 3.02. The van der Waals surface area contributed by atoms with Gasteiger partial charge >= 0.3 is 0 Å². The number of nitrogens with zero attached hydrogens (tertiary/aromatic N) is 1. The van der Waals surface area contributed by atoms with E-state index >= 15 is 0 Å². The Hall–Kier alpha value is -1.46. The molecule has 0 saturated heterocycles. The predicted octanol–water partition coefficient (Wildman–Crippen LogP) is 2.45. The van der Waals surface area contributed by atoms with Crippen LogP contribution in [0.15, 0.2) is 12.1 Å². The molecular formula is C15H18ClNO4. The fraction of sp³-hybridized carbons (Fsp3) is 0.533. The average molecular weight is 312 g/mol. The Morgan fingerprint density at radius 2 is 2.10 bits per heavy atom. The second kappa shape index (κ2) is 5.39. The first-order valence-corrected chi connectivity index (χ1v) is 7.43. The molecule has 1 aromatic rings. The molecule has 1 saturated carbocycles. The van der Waals surface area contributed by atoms with Gasteiger partial charge in [0.15, 0.2) is 11.5 Å². The lowest BCUT2D eigenvalue weighted by Crippen LogP contribution is -2.42. The van der Waals surface area contributed by atoms with Gasteiger partial charge in [-0.1, -0.05) is 24.4 Å². The lowest BCUT2D eigenvalue weighted by molar-refractivity contribution is 0.0157. The van der Waals surface area contributed by atoms with E-state index in [9.17, 15) is 9.90 Å². The highest BCUT2D eigenvalue weighted by molar-refractivity contribution is 6.32. The normalized spacial score (nSPS) is 18.8. The van der Waals surface area contributed by atoms with Crippen molar-refractivity contribution in [3.63, 3.8) is 0 Å². The molecule has 1 aliphatic heterocycles. The summed E-state index contributed by atoms with van der Waals surface area (Å²) in [6.45, 7) is 0.445. The van der Waals surface area contributed by atoms with Gasteiger partial charge in [-0.3, -0.25) is 4.79 Å². The minimum Gasteiger partial charge on any atom is -0.454 e. The standard InChI is InChI=1S/C15H18ClNO4/c1-17(8-15(19)4-2-3-5-15)14(18)10-6-11(16)13-12(7-10)20-9-21-13/h6-7,19H,2-5,8-9H2,1H3. The fourth-order valence-corrected chi connectivity index (χ4v) is 3.28. The zero-order valence-electron chi connectivity index (χ0n) is 11.9. The summed E-state index contributed by atoms with van der Waals surface area (Å²) in [5.41, 5.74) is -0.321. The monoisotopic (exact) mass is 311 g/mol. The maximum absolute atomic E-state index is 12.5. The first kappa shape index (κ1) is 14.5. The Balaban J connectivity index is 1.77. The highest BCUT2D eigenvalue weighted by Crippen LogP contribution is 2.40. The molecule has 0 radical (unpaired) electrons. The van der Waals surface area contributed by atoms with Crippen molar-refractivity contribution in [2.45, 2.75) is 31.3 Å². The SMILES string of the molecule is CN(CC1(O)CCCC1)C(=O)c1cc(Cl)c2c(c1)OCO2. The Morgan fingerprint density at radius 1 is 1.38 bits per heavy atom. The molecule has 1 fully saturated rings. The molecule has 0 unspecified atom stereocenters. The lowest BCUT2D eigenvalue weighted by atomic mass is 10.0. The molecule has 6 heteroatoms. The van der Waals surface area contributed by atoms with Gasteiger partial charge in [-0.2, -0.15) is 0 Å². The smallest absolute Gasteiger partial charge is 0.253 e. The number of hydrogen-bond acceptors (Lipinski definition) is 4. The van der Waals surface area contributed by atoms with E-state index in [2.05, 4.69) is 0 Å². The zero-order chi connectivity index (χ0) is 15.0. The van der Waals surface area contributed by atoms with E-state index in [1.807, 2.05) is 0 Å². The molecule has 114 valence electrons. The number of aliphatic hydroxyl groups is 1. The summed E-state index contributed by atoms with van der Waals surface area (Å²) in [5.74, 6) is 0.777. The third-order valence-corrected chi connectivity index (χ3v) is 4.37. The molecule has 5 nitrogen and oxygen atoms in total. The molecule has 1 aromatic carbocycles. The largest absolute Gasteiger partial charge is 0.454 e. The third-order valence-electron chi connectivity index (χ3n) is 4.09. The molecule has 0 bridgehead atoms. The summed E-state index contributed by atoms with van der Waals surface area (Å²) in [5, 5.41) is 10.8. The van der Waals surface area contributed by atoms with Crippen LogP contribution in [0.2, 0.25) is 5.02 Å². The van der Waals surface area contributed by atoms with Gasteiger partial charge in [-0.05, 0) is 25.0 Å². The summed E-state index contributed by atoms with van der Waals surface area (Å²) in [4.78, 5) is 14.0. The van der Waals surface area contributed by atoms with Crippen molar-refractivity contribution in [1.82, 2.24) is 4.90 Å². The van der Waals surface area contributed by atoms with Crippen LogP contribution < -0.4 is 9.47 Å². The van der Waals surface area contributed by atoms with Crippen molar-refractivity contribution in [1.29, 1.82) is 0 Å². The van der Waals surface area contributed by atoms with Gasteiger partial charge in [0, 0.05) is 19.2 Å². The number of carbonyl (C=O) groups excluding carboxylic acids is 1. The molecule has 3 rings (SSSR count). The van der Waals surface area contributed by atoms with Crippen LogP contribution in [0, 0.1) is 0 Å². The Labute approximate surface area is 128 Å². The van der Waals surface area contributed by atoms with Crippen LogP contribution in [-0.2, 0) is 0 Å². The molecule has 0 spiro atoms. The van der Waals surface area contributed by atoms with E-state index in [4.69, 9.17) is 21.1 Å². The van der Waals surface area contributed by atoms with E-state index < -0.39 is 5.60 Å². The van der Waals surface area contributed by atoms with Crippen LogP contribution in [0.4, 0.5) is 0 Å². The summed E-state index contributed by atoms with van der Waals surface area (Å²) in [6.07, 6.45) is 3.50. The summed E-state index contributed by atoms with van der Waals surface area (Å²) in [6, 6.07) is 3.21. The first-order valence-electron chi connectivity index (χ1n) is 7.05. The molecule has 1 heterocycles. The van der Waals surface area contributed by atoms with Crippen molar-refractivity contribution in [3.05, 3.63) is 22.7 Å². The average Bonchev–Trinajstić information content (AvgIpc) is 3.06. The molecule has 0 aromatic heterocycles. The number of halogens is 1. The summed E-state index contributed by atoms with van der Waals surface area (Å²) in [7, 11) is 1.69. The Kier molecular flexibility index (Phi) is 3.71. The third kappa shape index (κ3) is 2.80. The van der Waals surface area contributed by atoms with Gasteiger partial charge in [0.05, 0.1) is 10.6 Å². The number of carbonyl (C=O) groups is 1. The maximum Gasteiger partial charge on any atom is 0.253 e. The topological polar surface area (TPSA) is 59.0 Å². The second-order valence-corrected chi connectivity index (χ2v) is 6.19. The molecule has 21 heavy (non-hydrogen) atoms. The minimum absolute atomic E-state index is 0.113. The van der Waals surface area contributed by atoms with E-state index in [0.29, 0.717) is 28.6 Å². The van der Waals surface area contributed by atoms with Gasteiger partial charge in [0.1, 0.15) is 0 Å². The zero-order valence-corrected chi connectivity index (χ0v) is 12.7. The van der Waals surface area contributed by atoms with Crippen LogP contribution >= 0.6 is 11.6 Å². The number of amides is 1. The van der Waals surface area contributed by atoms with Crippen LogP contribution in [0.3, 0.4) is 0 Å². The van der Waals surface area contributed by atoms with E-state index in [0.717, 1.165) is 25.7 Å². The van der Waals surface area contributed by atoms with Crippen molar-refractivity contribution in [3.8, 4) is 11.5 Å². The lowest BCUT2D eigenvalue weighted by Gasteiger charge is -2.28. The molecule has 2 aliphatic rings. The minimum atomic E-state index is -0.759.